The Labute approximate surface area is 185 Å². The molecular weight excluding hydrogens is 445 g/mol. The molecule has 1 saturated carbocycles. The minimum Gasteiger partial charge on any atom is -0.342 e. The molecular formula is C21H16ClF3N6O. The molecule has 7 nitrogen and oxygen atoms in total. The number of alkyl halides is 3. The summed E-state index contributed by atoms with van der Waals surface area (Å²) in [6, 6.07) is 7.15. The predicted molar refractivity (Wildman–Crippen MR) is 108 cm³/mol. The van der Waals surface area contributed by atoms with E-state index in [4.69, 9.17) is 16.9 Å². The van der Waals surface area contributed by atoms with E-state index in [0.29, 0.717) is 23.0 Å². The molecule has 1 unspecified atom stereocenters. The first-order valence-corrected chi connectivity index (χ1v) is 10.1. The summed E-state index contributed by atoms with van der Waals surface area (Å²) < 4.78 is 40.7. The maximum Gasteiger partial charge on any atom is 0.416 e. The fourth-order valence-corrected chi connectivity index (χ4v) is 3.35. The van der Waals surface area contributed by atoms with Gasteiger partial charge in [-0.25, -0.2) is 9.97 Å². The monoisotopic (exact) mass is 460 g/mol. The van der Waals surface area contributed by atoms with Crippen molar-refractivity contribution in [2.45, 2.75) is 37.9 Å². The molecule has 0 aliphatic heterocycles. The van der Waals surface area contributed by atoms with Gasteiger partial charge in [-0.15, -0.1) is 5.10 Å². The van der Waals surface area contributed by atoms with Crippen molar-refractivity contribution in [2.24, 2.45) is 0 Å². The van der Waals surface area contributed by atoms with Crippen molar-refractivity contribution in [3.05, 3.63) is 69.9 Å². The van der Waals surface area contributed by atoms with Crippen LogP contribution in [-0.4, -0.2) is 25.7 Å². The summed E-state index contributed by atoms with van der Waals surface area (Å²) in [5.74, 6) is 0.867. The third-order valence-corrected chi connectivity index (χ3v) is 5.13. The SMILES string of the molecule is CC(NC(=O)c1cc(Cl)cc(C(F)(F)F)c1)c1nc(C2CC2)nn1-c1ccc(C#N)cn1. The maximum absolute atomic E-state index is 13.1. The molecule has 1 aromatic carbocycles. The van der Waals surface area contributed by atoms with Gasteiger partial charge in [-0.05, 0) is 50.1 Å². The Morgan fingerprint density at radius 3 is 2.66 bits per heavy atom. The quantitative estimate of drug-likeness (QED) is 0.601. The minimum absolute atomic E-state index is 0.196. The van der Waals surface area contributed by atoms with Crippen molar-refractivity contribution in [1.82, 2.24) is 25.1 Å². The summed E-state index contributed by atoms with van der Waals surface area (Å²) in [5.41, 5.74) is -0.856. The number of hydrogen-bond donors (Lipinski definition) is 1. The Kier molecular flexibility index (Phi) is 5.60. The van der Waals surface area contributed by atoms with Gasteiger partial charge in [0.05, 0.1) is 17.2 Å². The van der Waals surface area contributed by atoms with Gasteiger partial charge in [-0.2, -0.15) is 23.1 Å². The van der Waals surface area contributed by atoms with Crippen LogP contribution in [0.4, 0.5) is 13.2 Å². The number of nitrogens with one attached hydrogen (secondary N) is 1. The van der Waals surface area contributed by atoms with Crippen LogP contribution in [0.25, 0.3) is 5.82 Å². The standard InChI is InChI=1S/C21H16ClF3N6O/c1-11(28-20(32)14-6-15(21(23,24)25)8-16(22)7-14)19-29-18(13-3-4-13)30-31(19)17-5-2-12(9-26)10-27-17/h2,5-8,10-11,13H,3-4H2,1H3,(H,28,32). The summed E-state index contributed by atoms with van der Waals surface area (Å²) >= 11 is 5.79. The second-order valence-corrected chi connectivity index (χ2v) is 7.89. The highest BCUT2D eigenvalue weighted by molar-refractivity contribution is 6.31. The van der Waals surface area contributed by atoms with Crippen LogP contribution >= 0.6 is 11.6 Å². The zero-order valence-corrected chi connectivity index (χ0v) is 17.4. The maximum atomic E-state index is 13.1. The van der Waals surface area contributed by atoms with Crippen LogP contribution in [0.15, 0.2) is 36.5 Å². The molecule has 164 valence electrons. The minimum atomic E-state index is -4.63. The molecule has 1 aliphatic rings. The Bertz CT molecular complexity index is 1210. The van der Waals surface area contributed by atoms with Crippen LogP contribution in [0.3, 0.4) is 0 Å². The largest absolute Gasteiger partial charge is 0.416 e. The van der Waals surface area contributed by atoms with E-state index in [1.54, 1.807) is 19.1 Å². The zero-order valence-electron chi connectivity index (χ0n) is 16.7. The number of benzene rings is 1. The third-order valence-electron chi connectivity index (χ3n) is 4.91. The Morgan fingerprint density at radius 2 is 2.06 bits per heavy atom. The van der Waals surface area contributed by atoms with Crippen molar-refractivity contribution in [1.29, 1.82) is 5.26 Å². The lowest BCUT2D eigenvalue weighted by Crippen LogP contribution is -2.29. The van der Waals surface area contributed by atoms with Crippen LogP contribution in [0.5, 0.6) is 0 Å². The molecule has 1 aliphatic carbocycles. The molecule has 1 amide bonds. The molecule has 0 radical (unpaired) electrons. The van der Waals surface area contributed by atoms with Gasteiger partial charge in [0.1, 0.15) is 6.07 Å². The lowest BCUT2D eigenvalue weighted by Gasteiger charge is -2.15. The van der Waals surface area contributed by atoms with E-state index in [9.17, 15) is 18.0 Å². The van der Waals surface area contributed by atoms with Crippen molar-refractivity contribution in [2.75, 3.05) is 0 Å². The number of nitriles is 1. The summed E-state index contributed by atoms with van der Waals surface area (Å²) in [6.45, 7) is 1.65. The molecule has 2 aromatic heterocycles. The molecule has 0 bridgehead atoms. The van der Waals surface area contributed by atoms with Crippen molar-refractivity contribution >= 4 is 17.5 Å². The smallest absolute Gasteiger partial charge is 0.342 e. The average molecular weight is 461 g/mol. The summed E-state index contributed by atoms with van der Waals surface area (Å²) in [4.78, 5) is 21.5. The van der Waals surface area contributed by atoms with Crippen LogP contribution in [0.1, 0.15) is 64.9 Å². The number of aromatic nitrogens is 4. The predicted octanol–water partition coefficient (Wildman–Crippen LogP) is 4.57. The normalized spacial score (nSPS) is 14.6. The third kappa shape index (κ3) is 4.57. The van der Waals surface area contributed by atoms with Crippen LogP contribution in [0.2, 0.25) is 5.02 Å². The molecule has 1 fully saturated rings. The summed E-state index contributed by atoms with van der Waals surface area (Å²) in [7, 11) is 0. The van der Waals surface area contributed by atoms with E-state index in [2.05, 4.69) is 20.4 Å². The Balaban J connectivity index is 1.63. The number of rotatable bonds is 5. The van der Waals surface area contributed by atoms with Crippen molar-refractivity contribution in [3.63, 3.8) is 0 Å². The summed E-state index contributed by atoms with van der Waals surface area (Å²) in [5, 5.41) is 15.9. The number of hydrogen-bond acceptors (Lipinski definition) is 5. The molecule has 32 heavy (non-hydrogen) atoms. The molecule has 3 aromatic rings. The fraction of sp³-hybridized carbons (Fsp3) is 0.286. The molecule has 11 heteroatoms. The van der Waals surface area contributed by atoms with Gasteiger partial charge >= 0.3 is 6.18 Å². The first-order valence-electron chi connectivity index (χ1n) is 9.67. The van der Waals surface area contributed by atoms with Gasteiger partial charge in [-0.3, -0.25) is 4.79 Å². The van der Waals surface area contributed by atoms with E-state index in [0.717, 1.165) is 25.0 Å². The Hall–Kier alpha value is -3.45. The number of carbonyl (C=O) groups is 1. The molecule has 1 N–H and O–H groups in total. The number of nitrogens with zero attached hydrogens (tertiary/aromatic N) is 5. The highest BCUT2D eigenvalue weighted by Crippen LogP contribution is 2.39. The van der Waals surface area contributed by atoms with E-state index < -0.39 is 23.7 Å². The van der Waals surface area contributed by atoms with E-state index >= 15 is 0 Å². The molecule has 0 saturated heterocycles. The fourth-order valence-electron chi connectivity index (χ4n) is 3.11. The molecule has 2 heterocycles. The van der Waals surface area contributed by atoms with Crippen LogP contribution < -0.4 is 5.32 Å². The number of amides is 1. The van der Waals surface area contributed by atoms with Crippen molar-refractivity contribution in [3.8, 4) is 11.9 Å². The van der Waals surface area contributed by atoms with Gasteiger partial charge in [0, 0.05) is 22.7 Å². The first kappa shape index (κ1) is 21.8. The van der Waals surface area contributed by atoms with E-state index in [1.807, 2.05) is 6.07 Å². The molecule has 0 spiro atoms. The van der Waals surface area contributed by atoms with E-state index in [-0.39, 0.29) is 16.5 Å². The van der Waals surface area contributed by atoms with E-state index in [1.165, 1.54) is 16.9 Å². The van der Waals surface area contributed by atoms with Crippen LogP contribution in [0, 0.1) is 11.3 Å². The average Bonchev–Trinajstić information content (AvgIpc) is 3.51. The molecule has 1 atom stereocenters. The summed E-state index contributed by atoms with van der Waals surface area (Å²) in [6.07, 6.45) is -1.33. The van der Waals surface area contributed by atoms with Gasteiger partial charge in [0.25, 0.3) is 5.91 Å². The van der Waals surface area contributed by atoms with Crippen molar-refractivity contribution < 1.29 is 18.0 Å². The second-order valence-electron chi connectivity index (χ2n) is 7.45. The zero-order chi connectivity index (χ0) is 23.0. The second kappa shape index (κ2) is 8.24. The number of halogens is 4. The van der Waals surface area contributed by atoms with Gasteiger partial charge in [0.15, 0.2) is 17.5 Å². The lowest BCUT2D eigenvalue weighted by molar-refractivity contribution is -0.137. The Morgan fingerprint density at radius 1 is 1.31 bits per heavy atom. The van der Waals surface area contributed by atoms with Crippen LogP contribution in [-0.2, 0) is 6.18 Å². The first-order chi connectivity index (χ1) is 15.2. The van der Waals surface area contributed by atoms with Gasteiger partial charge in [-0.1, -0.05) is 11.6 Å². The number of carbonyl (C=O) groups excluding carboxylic acids is 1. The topological polar surface area (TPSA) is 96.5 Å². The number of pyridine rings is 1. The lowest BCUT2D eigenvalue weighted by atomic mass is 10.1. The van der Waals surface area contributed by atoms with Gasteiger partial charge < -0.3 is 5.32 Å². The highest BCUT2D eigenvalue weighted by atomic mass is 35.5. The highest BCUT2D eigenvalue weighted by Gasteiger charge is 2.33. The van der Waals surface area contributed by atoms with Gasteiger partial charge in [0.2, 0.25) is 0 Å². The molecule has 4 rings (SSSR count).